The number of thiol groups is 1. The maximum absolute atomic E-state index is 12.8. The standard InChI is InChI=1S/C11H14F6O2S/c12-10(13,14)9(6-20,11(15,16)17)19-8(18)7-4-2-1-3-5-7/h7,20H,1-6H2. The molecule has 1 aliphatic rings. The highest BCUT2D eigenvalue weighted by Crippen LogP contribution is 2.47. The predicted molar refractivity (Wildman–Crippen MR) is 61.4 cm³/mol. The average molecular weight is 324 g/mol. The van der Waals surface area contributed by atoms with Gasteiger partial charge in [0.15, 0.2) is 0 Å². The molecule has 0 aromatic rings. The molecule has 0 atom stereocenters. The molecule has 0 spiro atoms. The van der Waals surface area contributed by atoms with Crippen molar-refractivity contribution in [2.24, 2.45) is 5.92 Å². The first-order valence-corrected chi connectivity index (χ1v) is 6.65. The van der Waals surface area contributed by atoms with Crippen LogP contribution in [-0.2, 0) is 9.53 Å². The molecule has 118 valence electrons. The van der Waals surface area contributed by atoms with E-state index in [9.17, 15) is 31.1 Å². The Morgan fingerprint density at radius 2 is 1.45 bits per heavy atom. The smallest absolute Gasteiger partial charge is 0.438 e. The van der Waals surface area contributed by atoms with E-state index in [0.29, 0.717) is 12.8 Å². The molecule has 0 saturated heterocycles. The van der Waals surface area contributed by atoms with Gasteiger partial charge in [-0.2, -0.15) is 39.0 Å². The molecule has 0 amide bonds. The second-order valence-corrected chi connectivity index (χ2v) is 5.05. The first-order valence-electron chi connectivity index (χ1n) is 6.02. The van der Waals surface area contributed by atoms with Gasteiger partial charge in [0.05, 0.1) is 5.92 Å². The third kappa shape index (κ3) is 3.35. The molecule has 0 bridgehead atoms. The molecular weight excluding hydrogens is 310 g/mol. The summed E-state index contributed by atoms with van der Waals surface area (Å²) >= 11 is 3.11. The molecule has 0 aromatic carbocycles. The van der Waals surface area contributed by atoms with Crippen LogP contribution >= 0.6 is 12.6 Å². The van der Waals surface area contributed by atoms with E-state index in [1.54, 1.807) is 0 Å². The van der Waals surface area contributed by atoms with Crippen molar-refractivity contribution in [2.75, 3.05) is 5.75 Å². The summed E-state index contributed by atoms with van der Waals surface area (Å²) in [5.41, 5.74) is -4.54. The van der Waals surface area contributed by atoms with Crippen molar-refractivity contribution in [3.8, 4) is 0 Å². The van der Waals surface area contributed by atoms with Crippen LogP contribution < -0.4 is 0 Å². The lowest BCUT2D eigenvalue weighted by molar-refractivity contribution is -0.361. The maximum Gasteiger partial charge on any atom is 0.438 e. The molecule has 1 saturated carbocycles. The number of esters is 1. The van der Waals surface area contributed by atoms with Crippen LogP contribution in [0.3, 0.4) is 0 Å². The summed E-state index contributed by atoms with van der Waals surface area (Å²) in [6.07, 6.45) is -9.06. The summed E-state index contributed by atoms with van der Waals surface area (Å²) in [5, 5.41) is 0. The Morgan fingerprint density at radius 3 is 1.80 bits per heavy atom. The van der Waals surface area contributed by atoms with Crippen molar-refractivity contribution in [1.29, 1.82) is 0 Å². The van der Waals surface area contributed by atoms with Crippen LogP contribution in [0.15, 0.2) is 0 Å². The summed E-state index contributed by atoms with van der Waals surface area (Å²) in [7, 11) is 0. The van der Waals surface area contributed by atoms with Crippen molar-refractivity contribution in [3.05, 3.63) is 0 Å². The van der Waals surface area contributed by atoms with E-state index < -0.39 is 35.6 Å². The first-order chi connectivity index (χ1) is 9.05. The van der Waals surface area contributed by atoms with Crippen LogP contribution in [0.4, 0.5) is 26.3 Å². The minimum absolute atomic E-state index is 0.247. The van der Waals surface area contributed by atoms with Crippen molar-refractivity contribution >= 4 is 18.6 Å². The molecule has 0 radical (unpaired) electrons. The van der Waals surface area contributed by atoms with Gasteiger partial charge in [0.2, 0.25) is 0 Å². The predicted octanol–water partition coefficient (Wildman–Crippen LogP) is 3.90. The van der Waals surface area contributed by atoms with Gasteiger partial charge in [0.25, 0.3) is 0 Å². The van der Waals surface area contributed by atoms with Crippen LogP contribution in [0.1, 0.15) is 32.1 Å². The van der Waals surface area contributed by atoms with Crippen molar-refractivity contribution < 1.29 is 35.9 Å². The quantitative estimate of drug-likeness (QED) is 0.484. The molecular formula is C11H14F6O2S. The Balaban J connectivity index is 2.98. The summed E-state index contributed by atoms with van der Waals surface area (Å²) < 4.78 is 80.4. The van der Waals surface area contributed by atoms with E-state index in [-0.39, 0.29) is 12.8 Å². The van der Waals surface area contributed by atoms with Crippen molar-refractivity contribution in [3.63, 3.8) is 0 Å². The number of alkyl halides is 6. The third-order valence-corrected chi connectivity index (χ3v) is 3.80. The number of ether oxygens (including phenoxy) is 1. The Morgan fingerprint density at radius 1 is 1.00 bits per heavy atom. The van der Waals surface area contributed by atoms with Gasteiger partial charge < -0.3 is 4.74 Å². The van der Waals surface area contributed by atoms with E-state index in [4.69, 9.17) is 0 Å². The summed E-state index contributed by atoms with van der Waals surface area (Å²) in [6, 6.07) is 0. The van der Waals surface area contributed by atoms with Gasteiger partial charge >= 0.3 is 23.9 Å². The lowest BCUT2D eigenvalue weighted by atomic mass is 9.89. The number of carbonyl (C=O) groups is 1. The highest BCUT2D eigenvalue weighted by atomic mass is 32.1. The molecule has 1 fully saturated rings. The fourth-order valence-corrected chi connectivity index (χ4v) is 2.50. The second-order valence-electron chi connectivity index (χ2n) is 4.74. The molecule has 0 aliphatic heterocycles. The Hall–Kier alpha value is -0.600. The normalized spacial score (nSPS) is 18.9. The van der Waals surface area contributed by atoms with Gasteiger partial charge in [-0.3, -0.25) is 4.79 Å². The second kappa shape index (κ2) is 6.03. The zero-order chi connectivity index (χ0) is 15.6. The minimum Gasteiger partial charge on any atom is -0.438 e. The molecule has 1 aliphatic carbocycles. The number of halogens is 6. The van der Waals surface area contributed by atoms with Crippen molar-refractivity contribution in [2.45, 2.75) is 50.1 Å². The summed E-state index contributed by atoms with van der Waals surface area (Å²) in [4.78, 5) is 11.6. The highest BCUT2D eigenvalue weighted by Gasteiger charge is 2.73. The Bertz CT molecular complexity index is 332. The molecule has 0 heterocycles. The first kappa shape index (κ1) is 17.5. The van der Waals surface area contributed by atoms with Gasteiger partial charge in [-0.15, -0.1) is 0 Å². The number of hydrogen-bond acceptors (Lipinski definition) is 3. The molecule has 9 heteroatoms. The monoisotopic (exact) mass is 324 g/mol. The van der Waals surface area contributed by atoms with E-state index in [2.05, 4.69) is 17.4 Å². The van der Waals surface area contributed by atoms with Crippen LogP contribution in [0, 0.1) is 5.92 Å². The van der Waals surface area contributed by atoms with Gasteiger partial charge in [-0.1, -0.05) is 19.3 Å². The SMILES string of the molecule is O=C(OC(CS)(C(F)(F)F)C(F)(F)F)C1CCCCC1. The van der Waals surface area contributed by atoms with Crippen LogP contribution in [-0.4, -0.2) is 29.7 Å². The zero-order valence-electron chi connectivity index (χ0n) is 10.4. The molecule has 0 unspecified atom stereocenters. The Kier molecular flexibility index (Phi) is 5.26. The van der Waals surface area contributed by atoms with Crippen LogP contribution in [0.2, 0.25) is 0 Å². The summed E-state index contributed by atoms with van der Waals surface area (Å²) in [5.74, 6) is -4.06. The Labute approximate surface area is 117 Å². The number of hydrogen-bond donors (Lipinski definition) is 1. The topological polar surface area (TPSA) is 26.3 Å². The summed E-state index contributed by atoms with van der Waals surface area (Å²) in [6.45, 7) is 0. The number of carbonyl (C=O) groups excluding carboxylic acids is 1. The molecule has 0 aromatic heterocycles. The molecule has 0 N–H and O–H groups in total. The molecule has 20 heavy (non-hydrogen) atoms. The van der Waals surface area contributed by atoms with E-state index in [1.807, 2.05) is 0 Å². The van der Waals surface area contributed by atoms with Crippen LogP contribution in [0.25, 0.3) is 0 Å². The van der Waals surface area contributed by atoms with Crippen LogP contribution in [0.5, 0.6) is 0 Å². The largest absolute Gasteiger partial charge is 0.438 e. The lowest BCUT2D eigenvalue weighted by Crippen LogP contribution is -2.61. The van der Waals surface area contributed by atoms with E-state index in [1.165, 1.54) is 0 Å². The number of rotatable bonds is 3. The fraction of sp³-hybridized carbons (Fsp3) is 0.909. The molecule has 2 nitrogen and oxygen atoms in total. The van der Waals surface area contributed by atoms with Gasteiger partial charge in [0.1, 0.15) is 0 Å². The van der Waals surface area contributed by atoms with E-state index >= 15 is 0 Å². The lowest BCUT2D eigenvalue weighted by Gasteiger charge is -2.36. The van der Waals surface area contributed by atoms with Gasteiger partial charge in [-0.25, -0.2) is 0 Å². The molecule has 1 rings (SSSR count). The maximum atomic E-state index is 12.8. The average Bonchev–Trinajstić information content (AvgIpc) is 2.33. The fourth-order valence-electron chi connectivity index (χ4n) is 2.08. The highest BCUT2D eigenvalue weighted by molar-refractivity contribution is 7.80. The third-order valence-electron chi connectivity index (χ3n) is 3.35. The minimum atomic E-state index is -5.77. The van der Waals surface area contributed by atoms with E-state index in [0.717, 1.165) is 6.42 Å². The van der Waals surface area contributed by atoms with Gasteiger partial charge in [-0.05, 0) is 12.8 Å². The van der Waals surface area contributed by atoms with Gasteiger partial charge in [0, 0.05) is 5.75 Å². The van der Waals surface area contributed by atoms with Crippen molar-refractivity contribution in [1.82, 2.24) is 0 Å². The zero-order valence-corrected chi connectivity index (χ0v) is 11.2.